The molecular formula is C14H22N4O2S. The Hall–Kier alpha value is -1.50. The van der Waals surface area contributed by atoms with Crippen LogP contribution in [0, 0.1) is 0 Å². The lowest BCUT2D eigenvalue weighted by Crippen LogP contribution is -2.50. The number of nitrogens with zero attached hydrogens (tertiary/aromatic N) is 4. The standard InChI is InChI=1S/C14H22N4O2S/c1-14(2,3)20-13(19)18-7-5-17(6-8-18)11-9-12(21-4)16-15-10-11/h9-10H,5-8H2,1-4H3. The number of hydrogen-bond acceptors (Lipinski definition) is 6. The van der Waals surface area contributed by atoms with Crippen molar-refractivity contribution in [2.45, 2.75) is 31.4 Å². The number of ether oxygens (including phenoxy) is 1. The molecule has 2 heterocycles. The quantitative estimate of drug-likeness (QED) is 0.781. The molecule has 1 amide bonds. The van der Waals surface area contributed by atoms with Crippen LogP contribution in [0.5, 0.6) is 0 Å². The van der Waals surface area contributed by atoms with Crippen LogP contribution in [0.15, 0.2) is 17.3 Å². The van der Waals surface area contributed by atoms with Gasteiger partial charge in [0, 0.05) is 26.2 Å². The number of piperazine rings is 1. The molecule has 0 aromatic carbocycles. The lowest BCUT2D eigenvalue weighted by atomic mass is 10.2. The van der Waals surface area contributed by atoms with Gasteiger partial charge in [0.1, 0.15) is 10.6 Å². The first-order chi connectivity index (χ1) is 9.89. The molecule has 116 valence electrons. The Balaban J connectivity index is 1.92. The molecule has 1 aromatic heterocycles. The minimum Gasteiger partial charge on any atom is -0.444 e. The van der Waals surface area contributed by atoms with Gasteiger partial charge in [-0.15, -0.1) is 16.9 Å². The molecule has 1 aliphatic heterocycles. The molecule has 0 radical (unpaired) electrons. The molecule has 6 nitrogen and oxygen atoms in total. The molecule has 0 unspecified atom stereocenters. The summed E-state index contributed by atoms with van der Waals surface area (Å²) in [5, 5.41) is 8.96. The van der Waals surface area contributed by atoms with Gasteiger partial charge in [-0.1, -0.05) is 0 Å². The van der Waals surface area contributed by atoms with Crippen LogP contribution in [0.3, 0.4) is 0 Å². The van der Waals surface area contributed by atoms with Crippen molar-refractivity contribution in [1.29, 1.82) is 0 Å². The second-order valence-corrected chi connectivity index (χ2v) is 6.74. The van der Waals surface area contributed by atoms with E-state index in [4.69, 9.17) is 4.74 Å². The largest absolute Gasteiger partial charge is 0.444 e. The van der Waals surface area contributed by atoms with E-state index in [2.05, 4.69) is 15.1 Å². The Bertz CT molecular complexity index is 496. The molecule has 0 saturated carbocycles. The van der Waals surface area contributed by atoms with Crippen molar-refractivity contribution in [2.75, 3.05) is 37.3 Å². The van der Waals surface area contributed by atoms with Gasteiger partial charge in [0.15, 0.2) is 0 Å². The lowest BCUT2D eigenvalue weighted by Gasteiger charge is -2.36. The minimum atomic E-state index is -0.448. The maximum absolute atomic E-state index is 12.0. The van der Waals surface area contributed by atoms with Crippen LogP contribution in [0.25, 0.3) is 0 Å². The Labute approximate surface area is 129 Å². The van der Waals surface area contributed by atoms with Gasteiger partial charge in [-0.25, -0.2) is 4.79 Å². The first-order valence-electron chi connectivity index (χ1n) is 6.98. The third-order valence-corrected chi connectivity index (χ3v) is 3.74. The summed E-state index contributed by atoms with van der Waals surface area (Å²) in [7, 11) is 0. The molecule has 2 rings (SSSR count). The summed E-state index contributed by atoms with van der Waals surface area (Å²) in [6, 6.07) is 2.03. The monoisotopic (exact) mass is 310 g/mol. The molecule has 0 spiro atoms. The van der Waals surface area contributed by atoms with E-state index >= 15 is 0 Å². The first kappa shape index (κ1) is 15.9. The summed E-state index contributed by atoms with van der Waals surface area (Å²) < 4.78 is 5.40. The fourth-order valence-corrected chi connectivity index (χ4v) is 2.45. The van der Waals surface area contributed by atoms with Crippen molar-refractivity contribution in [3.05, 3.63) is 12.3 Å². The summed E-state index contributed by atoms with van der Waals surface area (Å²) in [5.74, 6) is 0. The Kier molecular flexibility index (Phi) is 4.92. The van der Waals surface area contributed by atoms with Crippen molar-refractivity contribution in [2.24, 2.45) is 0 Å². The number of anilines is 1. The van der Waals surface area contributed by atoms with Gasteiger partial charge in [-0.3, -0.25) is 0 Å². The molecule has 1 saturated heterocycles. The molecule has 0 bridgehead atoms. The van der Waals surface area contributed by atoms with E-state index in [1.54, 1.807) is 22.9 Å². The Morgan fingerprint density at radius 1 is 1.29 bits per heavy atom. The van der Waals surface area contributed by atoms with E-state index in [1.807, 2.05) is 33.1 Å². The molecule has 21 heavy (non-hydrogen) atoms. The van der Waals surface area contributed by atoms with Gasteiger partial charge in [-0.05, 0) is 33.1 Å². The topological polar surface area (TPSA) is 58.6 Å². The molecule has 0 atom stereocenters. The maximum Gasteiger partial charge on any atom is 0.410 e. The van der Waals surface area contributed by atoms with E-state index in [9.17, 15) is 4.79 Å². The zero-order valence-electron chi connectivity index (χ0n) is 13.0. The van der Waals surface area contributed by atoms with E-state index < -0.39 is 5.60 Å². The lowest BCUT2D eigenvalue weighted by molar-refractivity contribution is 0.0240. The van der Waals surface area contributed by atoms with Crippen LogP contribution < -0.4 is 4.90 Å². The minimum absolute atomic E-state index is 0.236. The third kappa shape index (κ3) is 4.49. The summed E-state index contributed by atoms with van der Waals surface area (Å²) >= 11 is 1.57. The van der Waals surface area contributed by atoms with Gasteiger partial charge in [0.2, 0.25) is 0 Å². The molecule has 0 N–H and O–H groups in total. The van der Waals surface area contributed by atoms with Crippen molar-refractivity contribution in [3.8, 4) is 0 Å². The second-order valence-electron chi connectivity index (χ2n) is 5.91. The number of amides is 1. The summed E-state index contributed by atoms with van der Waals surface area (Å²) in [5.41, 5.74) is 0.606. The summed E-state index contributed by atoms with van der Waals surface area (Å²) in [6.45, 7) is 8.52. The Morgan fingerprint density at radius 3 is 2.52 bits per heavy atom. The predicted molar refractivity (Wildman–Crippen MR) is 83.8 cm³/mol. The van der Waals surface area contributed by atoms with E-state index in [-0.39, 0.29) is 6.09 Å². The van der Waals surface area contributed by atoms with Gasteiger partial charge >= 0.3 is 6.09 Å². The highest BCUT2D eigenvalue weighted by Crippen LogP contribution is 2.20. The highest BCUT2D eigenvalue weighted by Gasteiger charge is 2.26. The molecule has 1 aliphatic rings. The van der Waals surface area contributed by atoms with Crippen LogP contribution in [0.4, 0.5) is 10.5 Å². The highest BCUT2D eigenvalue weighted by molar-refractivity contribution is 7.98. The average molecular weight is 310 g/mol. The molecule has 1 aromatic rings. The number of carbonyl (C=O) groups is 1. The molecular weight excluding hydrogens is 288 g/mol. The molecule has 7 heteroatoms. The zero-order chi connectivity index (χ0) is 15.5. The van der Waals surface area contributed by atoms with E-state index in [0.717, 1.165) is 23.8 Å². The number of thioether (sulfide) groups is 1. The number of rotatable bonds is 2. The van der Waals surface area contributed by atoms with Crippen molar-refractivity contribution >= 4 is 23.5 Å². The normalized spacial score (nSPS) is 16.0. The Morgan fingerprint density at radius 2 is 1.95 bits per heavy atom. The van der Waals surface area contributed by atoms with E-state index in [0.29, 0.717) is 13.1 Å². The summed E-state index contributed by atoms with van der Waals surface area (Å²) in [6.07, 6.45) is 3.51. The maximum atomic E-state index is 12.0. The first-order valence-corrected chi connectivity index (χ1v) is 8.21. The van der Waals surface area contributed by atoms with Crippen molar-refractivity contribution in [1.82, 2.24) is 15.1 Å². The van der Waals surface area contributed by atoms with Crippen LogP contribution >= 0.6 is 11.8 Å². The second kappa shape index (κ2) is 6.51. The van der Waals surface area contributed by atoms with Crippen LogP contribution in [0.1, 0.15) is 20.8 Å². The third-order valence-electron chi connectivity index (χ3n) is 3.12. The van der Waals surface area contributed by atoms with Gasteiger partial charge in [0.05, 0.1) is 11.9 Å². The van der Waals surface area contributed by atoms with Crippen LogP contribution in [-0.4, -0.2) is 59.2 Å². The molecule has 1 fully saturated rings. The SMILES string of the molecule is CSc1cc(N2CCN(C(=O)OC(C)(C)C)CC2)cnn1. The van der Waals surface area contributed by atoms with Crippen molar-refractivity contribution < 1.29 is 9.53 Å². The fraction of sp³-hybridized carbons (Fsp3) is 0.643. The fourth-order valence-electron chi connectivity index (χ4n) is 2.08. The smallest absolute Gasteiger partial charge is 0.410 e. The number of carbonyl (C=O) groups excluding carboxylic acids is 1. The predicted octanol–water partition coefficient (Wildman–Crippen LogP) is 2.26. The van der Waals surface area contributed by atoms with Crippen LogP contribution in [-0.2, 0) is 4.74 Å². The zero-order valence-corrected chi connectivity index (χ0v) is 13.8. The van der Waals surface area contributed by atoms with Gasteiger partial charge in [0.25, 0.3) is 0 Å². The van der Waals surface area contributed by atoms with E-state index in [1.165, 1.54) is 0 Å². The number of aromatic nitrogens is 2. The number of hydrogen-bond donors (Lipinski definition) is 0. The van der Waals surface area contributed by atoms with Gasteiger partial charge < -0.3 is 14.5 Å². The molecule has 0 aliphatic carbocycles. The highest BCUT2D eigenvalue weighted by atomic mass is 32.2. The van der Waals surface area contributed by atoms with Gasteiger partial charge in [-0.2, -0.15) is 5.10 Å². The van der Waals surface area contributed by atoms with Crippen molar-refractivity contribution in [3.63, 3.8) is 0 Å². The summed E-state index contributed by atoms with van der Waals surface area (Å²) in [4.78, 5) is 16.0. The van der Waals surface area contributed by atoms with Crippen LogP contribution in [0.2, 0.25) is 0 Å². The average Bonchev–Trinajstić information content (AvgIpc) is 2.46.